The first-order valence-electron chi connectivity index (χ1n) is 5.17. The molecule has 2 aliphatic heterocycles. The van der Waals surface area contributed by atoms with Crippen LogP contribution >= 0.6 is 0 Å². The molecule has 1 unspecified atom stereocenters. The Kier molecular flexibility index (Phi) is 2.01. The Morgan fingerprint density at radius 2 is 1.76 bits per heavy atom. The molecule has 1 fully saturated rings. The van der Waals surface area contributed by atoms with E-state index in [0.29, 0.717) is 0 Å². The van der Waals surface area contributed by atoms with Crippen LogP contribution in [0.25, 0.3) is 5.70 Å². The van der Waals surface area contributed by atoms with E-state index in [1.165, 1.54) is 5.01 Å². The van der Waals surface area contributed by atoms with Gasteiger partial charge < -0.3 is 10.6 Å². The molecule has 0 radical (unpaired) electrons. The summed E-state index contributed by atoms with van der Waals surface area (Å²) in [5, 5.41) is 7.17. The smallest absolute Gasteiger partial charge is 0.327 e. The number of benzene rings is 1. The van der Waals surface area contributed by atoms with E-state index in [4.69, 9.17) is 0 Å². The van der Waals surface area contributed by atoms with E-state index in [2.05, 4.69) is 16.1 Å². The Labute approximate surface area is 97.3 Å². The molecular formula is C11H10N4O2. The summed E-state index contributed by atoms with van der Waals surface area (Å²) in [7, 11) is 0. The van der Waals surface area contributed by atoms with Gasteiger partial charge in [-0.3, -0.25) is 15.0 Å². The maximum absolute atomic E-state index is 11.2. The van der Waals surface area contributed by atoms with Crippen LogP contribution in [0, 0.1) is 0 Å². The van der Waals surface area contributed by atoms with Gasteiger partial charge in [-0.1, -0.05) is 30.3 Å². The molecule has 6 nitrogen and oxygen atoms in total. The monoisotopic (exact) mass is 230 g/mol. The number of rotatable bonds is 1. The van der Waals surface area contributed by atoms with E-state index >= 15 is 0 Å². The van der Waals surface area contributed by atoms with Gasteiger partial charge in [0.15, 0.2) is 6.29 Å². The number of hydrazine groups is 1. The van der Waals surface area contributed by atoms with Crippen LogP contribution in [0.15, 0.2) is 36.5 Å². The largest absolute Gasteiger partial charge is 0.345 e. The SMILES string of the molecule is O=C1NC2NC(c3ccccc3)=CN2NC1=O. The number of carbonyl (C=O) groups is 2. The number of amides is 2. The van der Waals surface area contributed by atoms with Crippen molar-refractivity contribution in [3.05, 3.63) is 42.1 Å². The predicted molar refractivity (Wildman–Crippen MR) is 59.5 cm³/mol. The van der Waals surface area contributed by atoms with Gasteiger partial charge in [0, 0.05) is 6.20 Å². The molecule has 6 heteroatoms. The third-order valence-electron chi connectivity index (χ3n) is 2.63. The van der Waals surface area contributed by atoms with Gasteiger partial charge in [0.2, 0.25) is 0 Å². The summed E-state index contributed by atoms with van der Waals surface area (Å²) in [5.74, 6) is -1.30. The lowest BCUT2D eigenvalue weighted by atomic mass is 10.2. The number of hydrogen-bond acceptors (Lipinski definition) is 4. The average Bonchev–Trinajstić information content (AvgIpc) is 2.74. The number of nitrogens with one attached hydrogen (secondary N) is 3. The summed E-state index contributed by atoms with van der Waals surface area (Å²) >= 11 is 0. The second kappa shape index (κ2) is 3.51. The summed E-state index contributed by atoms with van der Waals surface area (Å²) in [6.07, 6.45) is 1.33. The fraction of sp³-hybridized carbons (Fsp3) is 0.0909. The third-order valence-corrected chi connectivity index (χ3v) is 2.63. The lowest BCUT2D eigenvalue weighted by molar-refractivity contribution is -0.147. The van der Waals surface area contributed by atoms with Crippen LogP contribution < -0.4 is 16.1 Å². The Bertz CT molecular complexity index is 511. The number of fused-ring (bicyclic) bond motifs is 1. The number of nitrogens with zero attached hydrogens (tertiary/aromatic N) is 1. The Morgan fingerprint density at radius 3 is 2.53 bits per heavy atom. The zero-order valence-electron chi connectivity index (χ0n) is 8.81. The Balaban J connectivity index is 1.86. The Morgan fingerprint density at radius 1 is 1.00 bits per heavy atom. The first kappa shape index (κ1) is 9.71. The highest BCUT2D eigenvalue weighted by Crippen LogP contribution is 2.18. The van der Waals surface area contributed by atoms with Gasteiger partial charge in [0.05, 0.1) is 5.70 Å². The van der Waals surface area contributed by atoms with E-state index in [1.807, 2.05) is 30.3 Å². The average molecular weight is 230 g/mol. The van der Waals surface area contributed by atoms with Crippen molar-refractivity contribution in [2.45, 2.75) is 6.29 Å². The molecule has 86 valence electrons. The molecule has 0 aromatic heterocycles. The van der Waals surface area contributed by atoms with Crippen LogP contribution in [0.4, 0.5) is 0 Å². The molecule has 2 heterocycles. The molecule has 2 aliphatic rings. The molecule has 1 aromatic carbocycles. The fourth-order valence-corrected chi connectivity index (χ4v) is 1.80. The topological polar surface area (TPSA) is 73.5 Å². The number of hydrogen-bond donors (Lipinski definition) is 3. The van der Waals surface area contributed by atoms with E-state index in [9.17, 15) is 9.59 Å². The van der Waals surface area contributed by atoms with Crippen molar-refractivity contribution >= 4 is 17.5 Å². The maximum Gasteiger partial charge on any atom is 0.327 e. The van der Waals surface area contributed by atoms with Gasteiger partial charge in [-0.15, -0.1) is 0 Å². The van der Waals surface area contributed by atoms with E-state index in [-0.39, 0.29) is 0 Å². The highest BCUT2D eigenvalue weighted by molar-refractivity contribution is 6.35. The standard InChI is InChI=1S/C11H10N4O2/c16-9-10(17)14-15-6-8(12-11(15)13-9)7-4-2-1-3-5-7/h1-6,11-12H,(H,13,16)(H,14,17). The molecule has 2 amide bonds. The van der Waals surface area contributed by atoms with Crippen LogP contribution in [-0.4, -0.2) is 23.1 Å². The third kappa shape index (κ3) is 1.59. The van der Waals surface area contributed by atoms with Crippen LogP contribution in [-0.2, 0) is 9.59 Å². The molecule has 0 aliphatic carbocycles. The molecule has 0 spiro atoms. The normalized spacial score (nSPS) is 22.2. The van der Waals surface area contributed by atoms with Gasteiger partial charge in [-0.25, -0.2) is 5.01 Å². The van der Waals surface area contributed by atoms with Gasteiger partial charge in [-0.2, -0.15) is 0 Å². The van der Waals surface area contributed by atoms with E-state index < -0.39 is 18.1 Å². The highest BCUT2D eigenvalue weighted by Gasteiger charge is 2.34. The van der Waals surface area contributed by atoms with Gasteiger partial charge >= 0.3 is 11.8 Å². The lowest BCUT2D eigenvalue weighted by Gasteiger charge is -2.30. The fourth-order valence-electron chi connectivity index (χ4n) is 1.80. The zero-order valence-corrected chi connectivity index (χ0v) is 8.81. The second-order valence-electron chi connectivity index (χ2n) is 3.78. The van der Waals surface area contributed by atoms with Crippen molar-refractivity contribution in [1.29, 1.82) is 0 Å². The summed E-state index contributed by atoms with van der Waals surface area (Å²) in [6.45, 7) is 0. The van der Waals surface area contributed by atoms with Crippen molar-refractivity contribution in [1.82, 2.24) is 21.1 Å². The van der Waals surface area contributed by atoms with Gasteiger partial charge in [0.25, 0.3) is 0 Å². The molecule has 3 N–H and O–H groups in total. The first-order chi connectivity index (χ1) is 8.24. The molecule has 0 bridgehead atoms. The summed E-state index contributed by atoms with van der Waals surface area (Å²) in [6, 6.07) is 9.66. The highest BCUT2D eigenvalue weighted by atomic mass is 16.2. The zero-order chi connectivity index (χ0) is 11.8. The predicted octanol–water partition coefficient (Wildman–Crippen LogP) is -0.665. The molecule has 17 heavy (non-hydrogen) atoms. The molecule has 3 rings (SSSR count). The van der Waals surface area contributed by atoms with Crippen molar-refractivity contribution in [2.24, 2.45) is 0 Å². The molecule has 1 aromatic rings. The van der Waals surface area contributed by atoms with Crippen molar-refractivity contribution < 1.29 is 9.59 Å². The molecular weight excluding hydrogens is 220 g/mol. The number of carbonyl (C=O) groups excluding carboxylic acids is 2. The molecule has 1 atom stereocenters. The first-order valence-corrected chi connectivity index (χ1v) is 5.17. The summed E-state index contributed by atoms with van der Waals surface area (Å²) in [4.78, 5) is 22.3. The minimum atomic E-state index is -0.659. The van der Waals surface area contributed by atoms with Crippen LogP contribution in [0.1, 0.15) is 5.56 Å². The van der Waals surface area contributed by atoms with E-state index in [0.717, 1.165) is 11.3 Å². The minimum Gasteiger partial charge on any atom is -0.345 e. The maximum atomic E-state index is 11.2. The van der Waals surface area contributed by atoms with Crippen molar-refractivity contribution in [3.8, 4) is 0 Å². The summed E-state index contributed by atoms with van der Waals surface area (Å²) in [5.41, 5.74) is 4.31. The van der Waals surface area contributed by atoms with Crippen molar-refractivity contribution in [3.63, 3.8) is 0 Å². The molecule has 1 saturated heterocycles. The van der Waals surface area contributed by atoms with Crippen LogP contribution in [0.5, 0.6) is 0 Å². The quantitative estimate of drug-likeness (QED) is 0.560. The lowest BCUT2D eigenvalue weighted by Crippen LogP contribution is -2.65. The minimum absolute atomic E-state index is 0.421. The van der Waals surface area contributed by atoms with Crippen molar-refractivity contribution in [2.75, 3.05) is 0 Å². The van der Waals surface area contributed by atoms with Crippen LogP contribution in [0.2, 0.25) is 0 Å². The molecule has 0 saturated carbocycles. The van der Waals surface area contributed by atoms with E-state index in [1.54, 1.807) is 6.20 Å². The second-order valence-corrected chi connectivity index (χ2v) is 3.78. The van der Waals surface area contributed by atoms with Gasteiger partial charge in [0.1, 0.15) is 0 Å². The summed E-state index contributed by atoms with van der Waals surface area (Å²) < 4.78 is 0. The van der Waals surface area contributed by atoms with Gasteiger partial charge in [-0.05, 0) is 5.56 Å². The Hall–Kier alpha value is -2.50. The van der Waals surface area contributed by atoms with Crippen LogP contribution in [0.3, 0.4) is 0 Å².